The molecule has 0 amide bonds. The Labute approximate surface area is 91.8 Å². The molecule has 0 aliphatic heterocycles. The van der Waals surface area contributed by atoms with E-state index >= 15 is 0 Å². The molecule has 84 valence electrons. The molecule has 2 atom stereocenters. The second kappa shape index (κ2) is 8.16. The van der Waals surface area contributed by atoms with Crippen molar-refractivity contribution in [3.05, 3.63) is 0 Å². The zero-order chi connectivity index (χ0) is 11.0. The lowest BCUT2D eigenvalue weighted by Gasteiger charge is -2.15. The Morgan fingerprint density at radius 3 is 2.36 bits per heavy atom. The highest BCUT2D eigenvalue weighted by Crippen LogP contribution is 2.20. The standard InChI is InChI=1S/C11H22O2S/c1-5-9(4)8-14-10(6-2)11(12)13-7-3/h9-10H,5-8H2,1-4H3. The van der Waals surface area contributed by atoms with Crippen molar-refractivity contribution in [3.8, 4) is 0 Å². The summed E-state index contributed by atoms with van der Waals surface area (Å²) in [4.78, 5) is 11.4. The van der Waals surface area contributed by atoms with Crippen LogP contribution in [-0.2, 0) is 9.53 Å². The number of ether oxygens (including phenoxy) is 1. The molecule has 0 fully saturated rings. The first-order valence-corrected chi connectivity index (χ1v) is 6.48. The molecule has 0 bridgehead atoms. The van der Waals surface area contributed by atoms with Gasteiger partial charge in [0.25, 0.3) is 0 Å². The van der Waals surface area contributed by atoms with Crippen LogP contribution in [0.2, 0.25) is 0 Å². The number of carbonyl (C=O) groups is 1. The van der Waals surface area contributed by atoms with Gasteiger partial charge in [-0.25, -0.2) is 0 Å². The van der Waals surface area contributed by atoms with Gasteiger partial charge in [0.2, 0.25) is 0 Å². The number of rotatable bonds is 7. The highest BCUT2D eigenvalue weighted by molar-refractivity contribution is 8.00. The van der Waals surface area contributed by atoms with E-state index in [1.165, 1.54) is 6.42 Å². The van der Waals surface area contributed by atoms with Crippen molar-refractivity contribution in [3.63, 3.8) is 0 Å². The zero-order valence-corrected chi connectivity index (χ0v) is 10.5. The number of hydrogen-bond acceptors (Lipinski definition) is 3. The first-order valence-electron chi connectivity index (χ1n) is 5.43. The fraction of sp³-hybridized carbons (Fsp3) is 0.909. The van der Waals surface area contributed by atoms with Crippen LogP contribution in [0.1, 0.15) is 40.5 Å². The van der Waals surface area contributed by atoms with Crippen molar-refractivity contribution in [2.75, 3.05) is 12.4 Å². The van der Waals surface area contributed by atoms with Gasteiger partial charge < -0.3 is 4.74 Å². The Morgan fingerprint density at radius 1 is 1.29 bits per heavy atom. The number of carbonyl (C=O) groups excluding carboxylic acids is 1. The lowest BCUT2D eigenvalue weighted by atomic mass is 10.2. The van der Waals surface area contributed by atoms with Crippen LogP contribution < -0.4 is 0 Å². The summed E-state index contributed by atoms with van der Waals surface area (Å²) in [5.74, 6) is 1.68. The molecule has 0 saturated heterocycles. The molecule has 0 saturated carbocycles. The van der Waals surface area contributed by atoms with Gasteiger partial charge in [-0.3, -0.25) is 4.79 Å². The van der Waals surface area contributed by atoms with E-state index in [0.29, 0.717) is 12.5 Å². The fourth-order valence-corrected chi connectivity index (χ4v) is 2.22. The molecule has 0 aromatic rings. The van der Waals surface area contributed by atoms with E-state index in [0.717, 1.165) is 12.2 Å². The Balaban J connectivity index is 3.84. The van der Waals surface area contributed by atoms with Gasteiger partial charge in [0, 0.05) is 0 Å². The fourth-order valence-electron chi connectivity index (χ4n) is 0.986. The monoisotopic (exact) mass is 218 g/mol. The average molecular weight is 218 g/mol. The van der Waals surface area contributed by atoms with Crippen molar-refractivity contribution < 1.29 is 9.53 Å². The van der Waals surface area contributed by atoms with Crippen molar-refractivity contribution >= 4 is 17.7 Å². The molecular weight excluding hydrogens is 196 g/mol. The van der Waals surface area contributed by atoms with E-state index in [4.69, 9.17) is 4.74 Å². The molecule has 0 aromatic carbocycles. The number of esters is 1. The molecule has 0 rings (SSSR count). The van der Waals surface area contributed by atoms with Crippen molar-refractivity contribution in [2.45, 2.75) is 45.8 Å². The summed E-state index contributed by atoms with van der Waals surface area (Å²) in [6, 6.07) is 0. The molecule has 0 spiro atoms. The van der Waals surface area contributed by atoms with E-state index in [9.17, 15) is 4.79 Å². The second-order valence-electron chi connectivity index (χ2n) is 3.50. The van der Waals surface area contributed by atoms with Gasteiger partial charge in [0.15, 0.2) is 0 Å². The number of hydrogen-bond donors (Lipinski definition) is 0. The molecule has 0 aromatic heterocycles. The zero-order valence-electron chi connectivity index (χ0n) is 9.71. The topological polar surface area (TPSA) is 26.3 Å². The van der Waals surface area contributed by atoms with Crippen LogP contribution in [0.15, 0.2) is 0 Å². The largest absolute Gasteiger partial charge is 0.465 e. The predicted octanol–water partition coefficient (Wildman–Crippen LogP) is 3.11. The SMILES string of the molecule is CCOC(=O)C(CC)SCC(C)CC. The smallest absolute Gasteiger partial charge is 0.319 e. The van der Waals surface area contributed by atoms with Gasteiger partial charge in [-0.15, -0.1) is 11.8 Å². The highest BCUT2D eigenvalue weighted by atomic mass is 32.2. The van der Waals surface area contributed by atoms with E-state index in [-0.39, 0.29) is 11.2 Å². The highest BCUT2D eigenvalue weighted by Gasteiger charge is 2.18. The second-order valence-corrected chi connectivity index (χ2v) is 4.73. The number of thioether (sulfide) groups is 1. The first kappa shape index (κ1) is 13.8. The molecule has 14 heavy (non-hydrogen) atoms. The predicted molar refractivity (Wildman–Crippen MR) is 62.6 cm³/mol. The van der Waals surface area contributed by atoms with Crippen LogP contribution in [0.3, 0.4) is 0 Å². The minimum absolute atomic E-state index is 0.0314. The van der Waals surface area contributed by atoms with E-state index < -0.39 is 0 Å². The minimum atomic E-state index is -0.0525. The van der Waals surface area contributed by atoms with E-state index in [1.807, 2.05) is 13.8 Å². The van der Waals surface area contributed by atoms with Crippen LogP contribution in [0.25, 0.3) is 0 Å². The quantitative estimate of drug-likeness (QED) is 0.614. The molecular formula is C11H22O2S. The van der Waals surface area contributed by atoms with Gasteiger partial charge >= 0.3 is 5.97 Å². The third-order valence-corrected chi connectivity index (χ3v) is 3.89. The lowest BCUT2D eigenvalue weighted by Crippen LogP contribution is -2.20. The van der Waals surface area contributed by atoms with Gasteiger partial charge in [-0.2, -0.15) is 0 Å². The van der Waals surface area contributed by atoms with Crippen LogP contribution in [0.4, 0.5) is 0 Å². The summed E-state index contributed by atoms with van der Waals surface area (Å²) in [6.45, 7) is 8.76. The summed E-state index contributed by atoms with van der Waals surface area (Å²) in [5, 5.41) is 0.0314. The third-order valence-electron chi connectivity index (χ3n) is 2.20. The Hall–Kier alpha value is -0.180. The lowest BCUT2D eigenvalue weighted by molar-refractivity contribution is -0.142. The summed E-state index contributed by atoms with van der Waals surface area (Å²) in [7, 11) is 0. The van der Waals surface area contributed by atoms with Crippen molar-refractivity contribution in [2.24, 2.45) is 5.92 Å². The summed E-state index contributed by atoms with van der Waals surface area (Å²) in [6.07, 6.45) is 2.03. The Kier molecular flexibility index (Phi) is 8.05. The van der Waals surface area contributed by atoms with Crippen LogP contribution in [0.5, 0.6) is 0 Å². The molecule has 2 unspecified atom stereocenters. The van der Waals surface area contributed by atoms with Crippen LogP contribution in [-0.4, -0.2) is 23.6 Å². The normalized spacial score (nSPS) is 14.9. The third kappa shape index (κ3) is 5.53. The maximum Gasteiger partial charge on any atom is 0.319 e. The minimum Gasteiger partial charge on any atom is -0.465 e. The van der Waals surface area contributed by atoms with Gasteiger partial charge in [-0.1, -0.05) is 27.2 Å². The van der Waals surface area contributed by atoms with Gasteiger partial charge in [-0.05, 0) is 25.0 Å². The summed E-state index contributed by atoms with van der Waals surface area (Å²) < 4.78 is 5.00. The molecule has 0 heterocycles. The van der Waals surface area contributed by atoms with Gasteiger partial charge in [0.1, 0.15) is 5.25 Å². The molecule has 0 aliphatic carbocycles. The van der Waals surface area contributed by atoms with Gasteiger partial charge in [0.05, 0.1) is 6.61 Å². The van der Waals surface area contributed by atoms with Crippen molar-refractivity contribution in [1.82, 2.24) is 0 Å². The first-order chi connectivity index (χ1) is 6.65. The molecule has 2 nitrogen and oxygen atoms in total. The van der Waals surface area contributed by atoms with Crippen molar-refractivity contribution in [1.29, 1.82) is 0 Å². The van der Waals surface area contributed by atoms with E-state index in [2.05, 4.69) is 13.8 Å². The molecule has 0 aliphatic rings. The van der Waals surface area contributed by atoms with E-state index in [1.54, 1.807) is 11.8 Å². The molecule has 3 heteroatoms. The average Bonchev–Trinajstić information content (AvgIpc) is 2.18. The van der Waals surface area contributed by atoms with Crippen LogP contribution in [0, 0.1) is 5.92 Å². The maximum atomic E-state index is 11.4. The summed E-state index contributed by atoms with van der Waals surface area (Å²) >= 11 is 1.73. The molecule has 0 N–H and O–H groups in total. The Bertz CT molecular complexity index is 159. The summed E-state index contributed by atoms with van der Waals surface area (Å²) in [5.41, 5.74) is 0. The maximum absolute atomic E-state index is 11.4. The molecule has 0 radical (unpaired) electrons. The van der Waals surface area contributed by atoms with Crippen LogP contribution >= 0.6 is 11.8 Å². The Morgan fingerprint density at radius 2 is 1.93 bits per heavy atom.